The zero-order valence-corrected chi connectivity index (χ0v) is 8.33. The summed E-state index contributed by atoms with van der Waals surface area (Å²) in [5.74, 6) is -2.68. The number of benzene rings is 1. The largest absolute Gasteiger partial charge is 0.465 e. The molecule has 0 spiro atoms. The highest BCUT2D eigenvalue weighted by molar-refractivity contribution is 6.03. The highest BCUT2D eigenvalue weighted by Crippen LogP contribution is 2.21. The Morgan fingerprint density at radius 3 is 2.75 bits per heavy atom. The van der Waals surface area contributed by atoms with Crippen LogP contribution < -0.4 is 0 Å². The van der Waals surface area contributed by atoms with Crippen molar-refractivity contribution in [3.63, 3.8) is 0 Å². The van der Waals surface area contributed by atoms with Crippen molar-refractivity contribution in [2.24, 2.45) is 0 Å². The summed E-state index contributed by atoms with van der Waals surface area (Å²) in [6, 6.07) is 3.64. The lowest BCUT2D eigenvalue weighted by Crippen LogP contribution is -2.03. The summed E-state index contributed by atoms with van der Waals surface area (Å²) in [7, 11) is 1.22. The maximum Gasteiger partial charge on any atom is 0.338 e. The number of rotatable bonds is 1. The fourth-order valence-electron chi connectivity index (χ4n) is 1.45. The molecule has 3 nitrogen and oxygen atoms in total. The highest BCUT2D eigenvalue weighted by Gasteiger charge is 2.15. The van der Waals surface area contributed by atoms with Crippen LogP contribution in [-0.4, -0.2) is 18.1 Å². The number of carbonyl (C=O) groups is 1. The zero-order valence-electron chi connectivity index (χ0n) is 8.33. The average molecular weight is 223 g/mol. The molecule has 2 aromatic rings. The Morgan fingerprint density at radius 2 is 2.06 bits per heavy atom. The smallest absolute Gasteiger partial charge is 0.338 e. The van der Waals surface area contributed by atoms with Crippen LogP contribution in [0.15, 0.2) is 24.4 Å². The second kappa shape index (κ2) is 3.84. The van der Waals surface area contributed by atoms with Gasteiger partial charge in [-0.05, 0) is 18.2 Å². The van der Waals surface area contributed by atoms with E-state index >= 15 is 0 Å². The molecule has 0 fully saturated rings. The normalized spacial score (nSPS) is 10.4. The van der Waals surface area contributed by atoms with E-state index in [1.807, 2.05) is 0 Å². The van der Waals surface area contributed by atoms with Crippen molar-refractivity contribution in [1.82, 2.24) is 4.98 Å². The second-order valence-electron chi connectivity index (χ2n) is 3.11. The summed E-state index contributed by atoms with van der Waals surface area (Å²) in [4.78, 5) is 15.1. The molecule has 1 aromatic carbocycles. The molecule has 0 atom stereocenters. The number of esters is 1. The van der Waals surface area contributed by atoms with Gasteiger partial charge in [0, 0.05) is 11.6 Å². The maximum atomic E-state index is 13.4. The van der Waals surface area contributed by atoms with E-state index in [4.69, 9.17) is 0 Å². The predicted molar refractivity (Wildman–Crippen MR) is 53.0 cm³/mol. The minimum Gasteiger partial charge on any atom is -0.465 e. The van der Waals surface area contributed by atoms with Crippen LogP contribution >= 0.6 is 0 Å². The number of ether oxygens (including phenoxy) is 1. The van der Waals surface area contributed by atoms with Crippen LogP contribution in [0.2, 0.25) is 0 Å². The summed E-state index contributed by atoms with van der Waals surface area (Å²) in [6.07, 6.45) is 1.23. The van der Waals surface area contributed by atoms with Crippen molar-refractivity contribution in [2.75, 3.05) is 7.11 Å². The molecule has 0 N–H and O–H groups in total. The van der Waals surface area contributed by atoms with Crippen molar-refractivity contribution in [3.8, 4) is 0 Å². The van der Waals surface area contributed by atoms with Gasteiger partial charge in [0.05, 0.1) is 12.7 Å². The first-order valence-electron chi connectivity index (χ1n) is 4.46. The van der Waals surface area contributed by atoms with Crippen LogP contribution in [0.4, 0.5) is 8.78 Å². The third kappa shape index (κ3) is 1.50. The van der Waals surface area contributed by atoms with E-state index < -0.39 is 17.6 Å². The van der Waals surface area contributed by atoms with Crippen LogP contribution in [0.25, 0.3) is 10.9 Å². The summed E-state index contributed by atoms with van der Waals surface area (Å²) in [6.45, 7) is 0. The van der Waals surface area contributed by atoms with Gasteiger partial charge >= 0.3 is 5.97 Å². The number of carbonyl (C=O) groups excluding carboxylic acids is 1. The van der Waals surface area contributed by atoms with Gasteiger partial charge in [-0.1, -0.05) is 0 Å². The number of hydrogen-bond donors (Lipinski definition) is 0. The molecule has 0 aliphatic carbocycles. The molecule has 1 heterocycles. The SMILES string of the molecule is COC(=O)c1ccnc2c(F)c(F)ccc12. The third-order valence-electron chi connectivity index (χ3n) is 2.21. The van der Waals surface area contributed by atoms with Crippen LogP contribution in [-0.2, 0) is 4.74 Å². The quantitative estimate of drug-likeness (QED) is 0.696. The van der Waals surface area contributed by atoms with Gasteiger partial charge in [0.25, 0.3) is 0 Å². The number of nitrogens with zero attached hydrogens (tertiary/aromatic N) is 1. The molecule has 0 saturated heterocycles. The van der Waals surface area contributed by atoms with E-state index in [9.17, 15) is 13.6 Å². The lowest BCUT2D eigenvalue weighted by molar-refractivity contribution is 0.0603. The summed E-state index contributed by atoms with van der Waals surface area (Å²) >= 11 is 0. The second-order valence-corrected chi connectivity index (χ2v) is 3.11. The molecule has 82 valence electrons. The third-order valence-corrected chi connectivity index (χ3v) is 2.21. The van der Waals surface area contributed by atoms with Gasteiger partial charge in [-0.25, -0.2) is 13.6 Å². The monoisotopic (exact) mass is 223 g/mol. The van der Waals surface area contributed by atoms with Gasteiger partial charge in [-0.15, -0.1) is 0 Å². The fourth-order valence-corrected chi connectivity index (χ4v) is 1.45. The molecule has 0 aliphatic heterocycles. The molecule has 0 unspecified atom stereocenters. The van der Waals surface area contributed by atoms with Crippen LogP contribution in [0.5, 0.6) is 0 Å². The molecule has 5 heteroatoms. The molecule has 0 radical (unpaired) electrons. The van der Waals surface area contributed by atoms with Crippen molar-refractivity contribution in [1.29, 1.82) is 0 Å². The van der Waals surface area contributed by atoms with E-state index in [1.165, 1.54) is 25.4 Å². The lowest BCUT2D eigenvalue weighted by Gasteiger charge is -2.04. The van der Waals surface area contributed by atoms with Crippen molar-refractivity contribution < 1.29 is 18.3 Å². The minimum atomic E-state index is -1.07. The molecule has 0 aliphatic rings. The molecular formula is C11H7F2NO2. The first kappa shape index (κ1) is 10.5. The first-order valence-corrected chi connectivity index (χ1v) is 4.46. The molecule has 2 rings (SSSR count). The number of hydrogen-bond acceptors (Lipinski definition) is 3. The average Bonchev–Trinajstić information content (AvgIpc) is 2.32. The topological polar surface area (TPSA) is 39.2 Å². The minimum absolute atomic E-state index is 0.159. The number of fused-ring (bicyclic) bond motifs is 1. The Bertz CT molecular complexity index is 569. The van der Waals surface area contributed by atoms with Gasteiger partial charge in [-0.3, -0.25) is 4.98 Å². The van der Waals surface area contributed by atoms with E-state index in [2.05, 4.69) is 9.72 Å². The van der Waals surface area contributed by atoms with E-state index in [1.54, 1.807) is 0 Å². The van der Waals surface area contributed by atoms with E-state index in [0.717, 1.165) is 6.07 Å². The van der Waals surface area contributed by atoms with Crippen LogP contribution in [0.1, 0.15) is 10.4 Å². The first-order chi connectivity index (χ1) is 7.65. The molecule has 0 saturated carbocycles. The van der Waals surface area contributed by atoms with Gasteiger partial charge in [-0.2, -0.15) is 0 Å². The summed E-state index contributed by atoms with van der Waals surface area (Å²) in [5.41, 5.74) is -0.0192. The number of aromatic nitrogens is 1. The highest BCUT2D eigenvalue weighted by atomic mass is 19.2. The molecule has 0 amide bonds. The standard InChI is InChI=1S/C11H7F2NO2/c1-16-11(15)7-4-5-14-10-6(7)2-3-8(12)9(10)13/h2-5H,1H3. The van der Waals surface area contributed by atoms with Gasteiger partial charge in [0.15, 0.2) is 11.6 Å². The Balaban J connectivity index is 2.79. The number of methoxy groups -OCH3 is 1. The predicted octanol–water partition coefficient (Wildman–Crippen LogP) is 2.30. The Hall–Kier alpha value is -2.04. The van der Waals surface area contributed by atoms with E-state index in [-0.39, 0.29) is 16.5 Å². The Labute approximate surface area is 89.7 Å². The fraction of sp³-hybridized carbons (Fsp3) is 0.0909. The van der Waals surface area contributed by atoms with Crippen molar-refractivity contribution in [2.45, 2.75) is 0 Å². The summed E-state index contributed by atoms with van der Waals surface area (Å²) < 4.78 is 30.8. The van der Waals surface area contributed by atoms with Crippen LogP contribution in [0, 0.1) is 11.6 Å². The Morgan fingerprint density at radius 1 is 1.31 bits per heavy atom. The van der Waals surface area contributed by atoms with Gasteiger partial charge in [0.2, 0.25) is 0 Å². The van der Waals surface area contributed by atoms with Crippen molar-refractivity contribution in [3.05, 3.63) is 41.6 Å². The lowest BCUT2D eigenvalue weighted by atomic mass is 10.1. The van der Waals surface area contributed by atoms with Crippen LogP contribution in [0.3, 0.4) is 0 Å². The number of pyridine rings is 1. The number of halogens is 2. The summed E-state index contributed by atoms with van der Waals surface area (Å²) in [5, 5.41) is 0.230. The van der Waals surface area contributed by atoms with Gasteiger partial charge in [0.1, 0.15) is 5.52 Å². The Kier molecular flexibility index (Phi) is 2.52. The zero-order chi connectivity index (χ0) is 11.7. The molecule has 16 heavy (non-hydrogen) atoms. The van der Waals surface area contributed by atoms with Gasteiger partial charge < -0.3 is 4.74 Å². The molecular weight excluding hydrogens is 216 g/mol. The molecule has 1 aromatic heterocycles. The molecule has 0 bridgehead atoms. The van der Waals surface area contributed by atoms with Crippen molar-refractivity contribution >= 4 is 16.9 Å². The van der Waals surface area contributed by atoms with E-state index in [0.29, 0.717) is 0 Å². The maximum absolute atomic E-state index is 13.4.